The molecule has 118 valence electrons. The molecule has 4 nitrogen and oxygen atoms in total. The Balaban J connectivity index is 1.82. The first-order chi connectivity index (χ1) is 10.6. The van der Waals surface area contributed by atoms with Gasteiger partial charge in [0.05, 0.1) is 5.92 Å². The average molecular weight is 304 g/mol. The molecule has 5 heteroatoms. The number of hydrogen-bond donors (Lipinski definition) is 1. The number of halogens is 1. The SMILES string of the molecule is CNC(=O)C1CN(C(=O)c2ccc(F)cc2)CC12CCCC2. The van der Waals surface area contributed by atoms with Crippen LogP contribution in [-0.2, 0) is 4.79 Å². The largest absolute Gasteiger partial charge is 0.359 e. The van der Waals surface area contributed by atoms with Crippen molar-refractivity contribution in [3.63, 3.8) is 0 Å². The molecule has 1 saturated carbocycles. The third-order valence-corrected chi connectivity index (χ3v) is 5.19. The van der Waals surface area contributed by atoms with Crippen molar-refractivity contribution in [2.24, 2.45) is 11.3 Å². The second-order valence-corrected chi connectivity index (χ2v) is 6.43. The van der Waals surface area contributed by atoms with Crippen LogP contribution < -0.4 is 5.32 Å². The zero-order valence-electron chi connectivity index (χ0n) is 12.8. The molecular formula is C17H21FN2O2. The maximum absolute atomic E-state index is 13.0. The summed E-state index contributed by atoms with van der Waals surface area (Å²) in [5.41, 5.74) is 0.405. The van der Waals surface area contributed by atoms with E-state index in [4.69, 9.17) is 0 Å². The minimum Gasteiger partial charge on any atom is -0.359 e. The quantitative estimate of drug-likeness (QED) is 0.910. The Morgan fingerprint density at radius 3 is 2.45 bits per heavy atom. The molecule has 3 rings (SSSR count). The third-order valence-electron chi connectivity index (χ3n) is 5.19. The van der Waals surface area contributed by atoms with Crippen LogP contribution in [0.1, 0.15) is 36.0 Å². The number of benzene rings is 1. The molecule has 1 spiro atoms. The van der Waals surface area contributed by atoms with Gasteiger partial charge in [-0.1, -0.05) is 12.8 Å². The van der Waals surface area contributed by atoms with Crippen molar-refractivity contribution in [3.8, 4) is 0 Å². The van der Waals surface area contributed by atoms with E-state index in [1.807, 2.05) is 0 Å². The molecule has 1 aliphatic carbocycles. The van der Waals surface area contributed by atoms with E-state index >= 15 is 0 Å². The van der Waals surface area contributed by atoms with E-state index < -0.39 is 0 Å². The lowest BCUT2D eigenvalue weighted by Crippen LogP contribution is -2.38. The number of amides is 2. The van der Waals surface area contributed by atoms with Gasteiger partial charge in [-0.05, 0) is 37.1 Å². The van der Waals surface area contributed by atoms with Gasteiger partial charge in [-0.2, -0.15) is 0 Å². The fourth-order valence-electron chi connectivity index (χ4n) is 4.02. The van der Waals surface area contributed by atoms with Gasteiger partial charge < -0.3 is 10.2 Å². The first-order valence-electron chi connectivity index (χ1n) is 7.82. The van der Waals surface area contributed by atoms with Gasteiger partial charge in [0.2, 0.25) is 5.91 Å². The van der Waals surface area contributed by atoms with Crippen LogP contribution in [0.25, 0.3) is 0 Å². The van der Waals surface area contributed by atoms with Crippen LogP contribution in [0.5, 0.6) is 0 Å². The number of nitrogens with zero attached hydrogens (tertiary/aromatic N) is 1. The standard InChI is InChI=1S/C17H21FN2O2/c1-19-15(21)14-10-20(11-17(14)8-2-3-9-17)16(22)12-4-6-13(18)7-5-12/h4-7,14H,2-3,8-11H2,1H3,(H,19,21). The van der Waals surface area contributed by atoms with Crippen LogP contribution in [-0.4, -0.2) is 36.9 Å². The fraction of sp³-hybridized carbons (Fsp3) is 0.529. The third kappa shape index (κ3) is 2.49. The normalized spacial score (nSPS) is 23.0. The Labute approximate surface area is 129 Å². The summed E-state index contributed by atoms with van der Waals surface area (Å²) in [7, 11) is 1.65. The molecule has 1 atom stereocenters. The second kappa shape index (κ2) is 5.71. The number of carbonyl (C=O) groups excluding carboxylic acids is 2. The molecule has 22 heavy (non-hydrogen) atoms. The number of hydrogen-bond acceptors (Lipinski definition) is 2. The van der Waals surface area contributed by atoms with E-state index in [1.165, 1.54) is 24.3 Å². The minimum absolute atomic E-state index is 0.0244. The van der Waals surface area contributed by atoms with Crippen molar-refractivity contribution < 1.29 is 14.0 Å². The molecule has 0 aromatic heterocycles. The molecule has 2 aliphatic rings. The highest BCUT2D eigenvalue weighted by molar-refractivity contribution is 5.95. The highest BCUT2D eigenvalue weighted by Crippen LogP contribution is 2.49. The molecule has 2 fully saturated rings. The average Bonchev–Trinajstić information content (AvgIpc) is 3.15. The van der Waals surface area contributed by atoms with Crippen molar-refractivity contribution in [1.29, 1.82) is 0 Å². The summed E-state index contributed by atoms with van der Waals surface area (Å²) < 4.78 is 13.0. The summed E-state index contributed by atoms with van der Waals surface area (Å²) in [6.07, 6.45) is 4.23. The molecule has 1 heterocycles. The summed E-state index contributed by atoms with van der Waals surface area (Å²) in [6.45, 7) is 1.08. The maximum Gasteiger partial charge on any atom is 0.253 e. The summed E-state index contributed by atoms with van der Waals surface area (Å²) in [4.78, 5) is 26.6. The molecule has 1 aromatic carbocycles. The topological polar surface area (TPSA) is 49.4 Å². The Morgan fingerprint density at radius 1 is 1.23 bits per heavy atom. The first kappa shape index (κ1) is 15.0. The van der Waals surface area contributed by atoms with E-state index in [0.717, 1.165) is 25.7 Å². The molecule has 0 radical (unpaired) electrons. The van der Waals surface area contributed by atoms with Gasteiger partial charge >= 0.3 is 0 Å². The molecule has 1 saturated heterocycles. The van der Waals surface area contributed by atoms with Gasteiger partial charge in [0.15, 0.2) is 0 Å². The predicted molar refractivity (Wildman–Crippen MR) is 80.8 cm³/mol. The van der Waals surface area contributed by atoms with Crippen molar-refractivity contribution in [2.75, 3.05) is 20.1 Å². The molecule has 2 amide bonds. The highest BCUT2D eigenvalue weighted by Gasteiger charge is 2.52. The lowest BCUT2D eigenvalue weighted by atomic mass is 9.76. The van der Waals surface area contributed by atoms with Crippen LogP contribution in [0.3, 0.4) is 0 Å². The summed E-state index contributed by atoms with van der Waals surface area (Å²) >= 11 is 0. The molecule has 1 unspecified atom stereocenters. The Hall–Kier alpha value is -1.91. The first-order valence-corrected chi connectivity index (χ1v) is 7.82. The van der Waals surface area contributed by atoms with E-state index in [0.29, 0.717) is 18.7 Å². The molecular weight excluding hydrogens is 283 g/mol. The van der Waals surface area contributed by atoms with E-state index in [1.54, 1.807) is 11.9 Å². The second-order valence-electron chi connectivity index (χ2n) is 6.43. The van der Waals surface area contributed by atoms with Gasteiger partial charge in [0.1, 0.15) is 5.82 Å². The molecule has 1 aliphatic heterocycles. The van der Waals surface area contributed by atoms with Crippen LogP contribution in [0.4, 0.5) is 4.39 Å². The van der Waals surface area contributed by atoms with Crippen LogP contribution in [0.15, 0.2) is 24.3 Å². The lowest BCUT2D eigenvalue weighted by Gasteiger charge is -2.28. The minimum atomic E-state index is -0.353. The molecule has 0 bridgehead atoms. The monoisotopic (exact) mass is 304 g/mol. The smallest absolute Gasteiger partial charge is 0.253 e. The number of carbonyl (C=O) groups is 2. The van der Waals surface area contributed by atoms with Gasteiger partial charge in [-0.3, -0.25) is 9.59 Å². The number of likely N-dealkylation sites (tertiary alicyclic amines) is 1. The fourth-order valence-corrected chi connectivity index (χ4v) is 4.02. The number of rotatable bonds is 2. The van der Waals surface area contributed by atoms with Crippen LogP contribution >= 0.6 is 0 Å². The maximum atomic E-state index is 13.0. The van der Waals surface area contributed by atoms with Crippen molar-refractivity contribution in [1.82, 2.24) is 10.2 Å². The Morgan fingerprint density at radius 2 is 1.86 bits per heavy atom. The Bertz CT molecular complexity index is 579. The lowest BCUT2D eigenvalue weighted by molar-refractivity contribution is -0.127. The van der Waals surface area contributed by atoms with Crippen molar-refractivity contribution in [2.45, 2.75) is 25.7 Å². The zero-order chi connectivity index (χ0) is 15.7. The summed E-state index contributed by atoms with van der Waals surface area (Å²) in [5.74, 6) is -0.577. The molecule has 1 aromatic rings. The van der Waals surface area contributed by atoms with Crippen LogP contribution in [0, 0.1) is 17.2 Å². The van der Waals surface area contributed by atoms with Gasteiger partial charge in [0.25, 0.3) is 5.91 Å². The summed E-state index contributed by atoms with van der Waals surface area (Å²) in [6, 6.07) is 5.61. The van der Waals surface area contributed by atoms with Crippen molar-refractivity contribution in [3.05, 3.63) is 35.6 Å². The van der Waals surface area contributed by atoms with Gasteiger partial charge in [-0.15, -0.1) is 0 Å². The predicted octanol–water partition coefficient (Wildman–Crippen LogP) is 2.20. The zero-order valence-corrected chi connectivity index (χ0v) is 12.8. The number of nitrogens with one attached hydrogen (secondary N) is 1. The van der Waals surface area contributed by atoms with Crippen LogP contribution in [0.2, 0.25) is 0 Å². The highest BCUT2D eigenvalue weighted by atomic mass is 19.1. The van der Waals surface area contributed by atoms with Gasteiger partial charge in [0, 0.05) is 31.1 Å². The van der Waals surface area contributed by atoms with E-state index in [9.17, 15) is 14.0 Å². The Kier molecular flexibility index (Phi) is 3.89. The van der Waals surface area contributed by atoms with Gasteiger partial charge in [-0.25, -0.2) is 4.39 Å². The molecule has 1 N–H and O–H groups in total. The van der Waals surface area contributed by atoms with Crippen molar-refractivity contribution >= 4 is 11.8 Å². The summed E-state index contributed by atoms with van der Waals surface area (Å²) in [5, 5.41) is 2.74. The van der Waals surface area contributed by atoms with E-state index in [-0.39, 0.29) is 29.0 Å². The van der Waals surface area contributed by atoms with E-state index in [2.05, 4.69) is 5.32 Å².